The second kappa shape index (κ2) is 9.21. The highest BCUT2D eigenvalue weighted by atomic mass is 16.2. The SMILES string of the molecule is CCCCC(=O)Nc1ccc(N2CCN(C(=O)c3ccccc3)CC2)cc1. The summed E-state index contributed by atoms with van der Waals surface area (Å²) in [6.45, 7) is 5.11. The van der Waals surface area contributed by atoms with E-state index in [-0.39, 0.29) is 11.8 Å². The van der Waals surface area contributed by atoms with Crippen LogP contribution in [0, 0.1) is 0 Å². The van der Waals surface area contributed by atoms with E-state index in [2.05, 4.69) is 17.1 Å². The normalized spacial score (nSPS) is 14.1. The molecule has 1 fully saturated rings. The fourth-order valence-electron chi connectivity index (χ4n) is 3.25. The summed E-state index contributed by atoms with van der Waals surface area (Å²) in [7, 11) is 0. The third-order valence-electron chi connectivity index (χ3n) is 4.86. The van der Waals surface area contributed by atoms with Crippen molar-refractivity contribution in [3.05, 3.63) is 60.2 Å². The molecule has 1 N–H and O–H groups in total. The number of piperazine rings is 1. The molecule has 2 aromatic rings. The lowest BCUT2D eigenvalue weighted by Crippen LogP contribution is -2.48. The van der Waals surface area contributed by atoms with Crippen LogP contribution in [0.3, 0.4) is 0 Å². The number of nitrogens with zero attached hydrogens (tertiary/aromatic N) is 2. The van der Waals surface area contributed by atoms with Crippen molar-refractivity contribution in [3.8, 4) is 0 Å². The number of nitrogens with one attached hydrogen (secondary N) is 1. The summed E-state index contributed by atoms with van der Waals surface area (Å²) in [5.74, 6) is 0.165. The van der Waals surface area contributed by atoms with Crippen LogP contribution in [0.4, 0.5) is 11.4 Å². The van der Waals surface area contributed by atoms with Crippen LogP contribution in [0.1, 0.15) is 36.5 Å². The van der Waals surface area contributed by atoms with Gasteiger partial charge in [-0.25, -0.2) is 0 Å². The zero-order valence-electron chi connectivity index (χ0n) is 15.9. The monoisotopic (exact) mass is 365 g/mol. The molecule has 0 unspecified atom stereocenters. The van der Waals surface area contributed by atoms with Gasteiger partial charge in [-0.05, 0) is 42.8 Å². The van der Waals surface area contributed by atoms with E-state index in [4.69, 9.17) is 0 Å². The smallest absolute Gasteiger partial charge is 0.253 e. The Bertz CT molecular complexity index is 751. The van der Waals surface area contributed by atoms with Crippen molar-refractivity contribution in [3.63, 3.8) is 0 Å². The molecule has 27 heavy (non-hydrogen) atoms. The van der Waals surface area contributed by atoms with Crippen LogP contribution < -0.4 is 10.2 Å². The lowest BCUT2D eigenvalue weighted by atomic mass is 10.1. The Morgan fingerprint density at radius 1 is 0.926 bits per heavy atom. The maximum Gasteiger partial charge on any atom is 0.253 e. The molecule has 0 radical (unpaired) electrons. The van der Waals surface area contributed by atoms with Gasteiger partial charge in [-0.2, -0.15) is 0 Å². The summed E-state index contributed by atoms with van der Waals surface area (Å²) in [6, 6.07) is 17.4. The largest absolute Gasteiger partial charge is 0.368 e. The minimum Gasteiger partial charge on any atom is -0.368 e. The average molecular weight is 365 g/mol. The van der Waals surface area contributed by atoms with Gasteiger partial charge < -0.3 is 15.1 Å². The number of benzene rings is 2. The lowest BCUT2D eigenvalue weighted by Gasteiger charge is -2.36. The van der Waals surface area contributed by atoms with E-state index < -0.39 is 0 Å². The molecule has 1 aliphatic heterocycles. The van der Waals surface area contributed by atoms with Crippen molar-refractivity contribution in [2.75, 3.05) is 36.4 Å². The van der Waals surface area contributed by atoms with Gasteiger partial charge in [-0.15, -0.1) is 0 Å². The van der Waals surface area contributed by atoms with Gasteiger partial charge in [0, 0.05) is 49.5 Å². The van der Waals surface area contributed by atoms with E-state index in [0.717, 1.165) is 42.9 Å². The molecule has 3 rings (SSSR count). The van der Waals surface area contributed by atoms with Crippen LogP contribution in [0.25, 0.3) is 0 Å². The topological polar surface area (TPSA) is 52.7 Å². The highest BCUT2D eigenvalue weighted by Crippen LogP contribution is 2.20. The standard InChI is InChI=1S/C22H27N3O2/c1-2-3-9-21(26)23-19-10-12-20(13-11-19)24-14-16-25(17-15-24)22(27)18-7-5-4-6-8-18/h4-8,10-13H,2-3,9,14-17H2,1H3,(H,23,26). The zero-order chi connectivity index (χ0) is 19.1. The first-order valence-electron chi connectivity index (χ1n) is 9.66. The Kier molecular flexibility index (Phi) is 6.47. The van der Waals surface area contributed by atoms with Crippen molar-refractivity contribution in [2.24, 2.45) is 0 Å². The molecular formula is C22H27N3O2. The first-order chi connectivity index (χ1) is 13.2. The van der Waals surface area contributed by atoms with Gasteiger partial charge in [0.15, 0.2) is 0 Å². The van der Waals surface area contributed by atoms with E-state index >= 15 is 0 Å². The molecule has 0 bridgehead atoms. The fourth-order valence-corrected chi connectivity index (χ4v) is 3.25. The molecule has 0 spiro atoms. The van der Waals surface area contributed by atoms with Gasteiger partial charge in [0.05, 0.1) is 0 Å². The molecule has 5 nitrogen and oxygen atoms in total. The summed E-state index contributed by atoms with van der Waals surface area (Å²) in [4.78, 5) is 28.5. The quantitative estimate of drug-likeness (QED) is 0.848. The van der Waals surface area contributed by atoms with Crippen molar-refractivity contribution in [1.29, 1.82) is 0 Å². The summed E-state index contributed by atoms with van der Waals surface area (Å²) < 4.78 is 0. The minimum atomic E-state index is 0.0673. The molecule has 0 saturated carbocycles. The number of rotatable bonds is 6. The summed E-state index contributed by atoms with van der Waals surface area (Å²) in [5, 5.41) is 2.94. The molecule has 0 aromatic heterocycles. The summed E-state index contributed by atoms with van der Waals surface area (Å²) in [6.07, 6.45) is 2.50. The van der Waals surface area contributed by atoms with Crippen LogP contribution in [-0.2, 0) is 4.79 Å². The van der Waals surface area contributed by atoms with E-state index in [1.54, 1.807) is 0 Å². The highest BCUT2D eigenvalue weighted by molar-refractivity contribution is 5.94. The predicted molar refractivity (Wildman–Crippen MR) is 109 cm³/mol. The van der Waals surface area contributed by atoms with Gasteiger partial charge in [-0.1, -0.05) is 31.5 Å². The van der Waals surface area contributed by atoms with Crippen LogP contribution in [-0.4, -0.2) is 42.9 Å². The number of hydrogen-bond acceptors (Lipinski definition) is 3. The minimum absolute atomic E-state index is 0.0673. The van der Waals surface area contributed by atoms with Crippen molar-refractivity contribution in [1.82, 2.24) is 4.90 Å². The van der Waals surface area contributed by atoms with Crippen molar-refractivity contribution < 1.29 is 9.59 Å². The van der Waals surface area contributed by atoms with Gasteiger partial charge in [0.25, 0.3) is 5.91 Å². The maximum absolute atomic E-state index is 12.5. The Balaban J connectivity index is 1.52. The molecule has 1 aliphatic rings. The van der Waals surface area contributed by atoms with E-state index in [1.807, 2.05) is 59.5 Å². The van der Waals surface area contributed by atoms with Gasteiger partial charge in [0.1, 0.15) is 0 Å². The fraction of sp³-hybridized carbons (Fsp3) is 0.364. The van der Waals surface area contributed by atoms with Crippen LogP contribution >= 0.6 is 0 Å². The number of carbonyl (C=O) groups excluding carboxylic acids is 2. The third-order valence-corrected chi connectivity index (χ3v) is 4.86. The van der Waals surface area contributed by atoms with Crippen LogP contribution in [0.2, 0.25) is 0 Å². The maximum atomic E-state index is 12.5. The molecule has 1 saturated heterocycles. The summed E-state index contributed by atoms with van der Waals surface area (Å²) >= 11 is 0. The Morgan fingerprint density at radius 3 is 2.22 bits per heavy atom. The number of anilines is 2. The van der Waals surface area contributed by atoms with Gasteiger partial charge in [0.2, 0.25) is 5.91 Å². The number of hydrogen-bond donors (Lipinski definition) is 1. The average Bonchev–Trinajstić information content (AvgIpc) is 2.73. The molecule has 2 aromatic carbocycles. The lowest BCUT2D eigenvalue weighted by molar-refractivity contribution is -0.116. The first-order valence-corrected chi connectivity index (χ1v) is 9.66. The molecule has 1 heterocycles. The highest BCUT2D eigenvalue weighted by Gasteiger charge is 2.22. The zero-order valence-corrected chi connectivity index (χ0v) is 15.9. The molecule has 0 atom stereocenters. The number of amides is 2. The Morgan fingerprint density at radius 2 is 1.59 bits per heavy atom. The third kappa shape index (κ3) is 5.09. The van der Waals surface area contributed by atoms with E-state index in [1.165, 1.54) is 0 Å². The van der Waals surface area contributed by atoms with Gasteiger partial charge >= 0.3 is 0 Å². The van der Waals surface area contributed by atoms with Crippen LogP contribution in [0.15, 0.2) is 54.6 Å². The molecule has 142 valence electrons. The van der Waals surface area contributed by atoms with Crippen molar-refractivity contribution >= 4 is 23.2 Å². The Hall–Kier alpha value is -2.82. The predicted octanol–water partition coefficient (Wildman–Crippen LogP) is 3.78. The second-order valence-electron chi connectivity index (χ2n) is 6.84. The first kappa shape index (κ1) is 19.0. The molecule has 0 aliphatic carbocycles. The molecule has 5 heteroatoms. The van der Waals surface area contributed by atoms with E-state index in [9.17, 15) is 9.59 Å². The molecular weight excluding hydrogens is 338 g/mol. The van der Waals surface area contributed by atoms with Crippen LogP contribution in [0.5, 0.6) is 0 Å². The number of carbonyl (C=O) groups is 2. The Labute approximate surface area is 161 Å². The van der Waals surface area contributed by atoms with E-state index in [0.29, 0.717) is 19.5 Å². The molecule has 2 amide bonds. The number of unbranched alkanes of at least 4 members (excludes halogenated alkanes) is 1. The van der Waals surface area contributed by atoms with Crippen molar-refractivity contribution in [2.45, 2.75) is 26.2 Å². The van der Waals surface area contributed by atoms with Gasteiger partial charge in [-0.3, -0.25) is 9.59 Å². The summed E-state index contributed by atoms with van der Waals surface area (Å²) in [5.41, 5.74) is 2.69. The second-order valence-corrected chi connectivity index (χ2v) is 6.84.